The third kappa shape index (κ3) is 3.92. The monoisotopic (exact) mass is 369 g/mol. The standard InChI is InChI=1S/C20H19NO6/c1-25-18(22)11-17-19(23)21(15-8-3-4-9-16(15)27-17)12-13-6-5-7-14(10-13)20(24)26-2/h3-10,17H,11-12H2,1-2H3/t17-/m0/s1. The van der Waals surface area contributed by atoms with Crippen LogP contribution in [0.2, 0.25) is 0 Å². The fraction of sp³-hybridized carbons (Fsp3) is 0.250. The Morgan fingerprint density at radius 2 is 1.85 bits per heavy atom. The van der Waals surface area contributed by atoms with E-state index in [-0.39, 0.29) is 18.9 Å². The molecule has 7 nitrogen and oxygen atoms in total. The van der Waals surface area contributed by atoms with Crippen molar-refractivity contribution in [2.24, 2.45) is 0 Å². The fourth-order valence-electron chi connectivity index (χ4n) is 2.90. The molecule has 0 bridgehead atoms. The summed E-state index contributed by atoms with van der Waals surface area (Å²) >= 11 is 0. The summed E-state index contributed by atoms with van der Waals surface area (Å²) in [4.78, 5) is 37.8. The lowest BCUT2D eigenvalue weighted by molar-refractivity contribution is -0.145. The molecule has 0 aliphatic carbocycles. The molecular formula is C20H19NO6. The van der Waals surface area contributed by atoms with E-state index in [0.29, 0.717) is 17.0 Å². The summed E-state index contributed by atoms with van der Waals surface area (Å²) in [5, 5.41) is 0. The van der Waals surface area contributed by atoms with Crippen LogP contribution in [0.3, 0.4) is 0 Å². The Hall–Kier alpha value is -3.35. The first-order valence-corrected chi connectivity index (χ1v) is 8.34. The van der Waals surface area contributed by atoms with Gasteiger partial charge in [-0.2, -0.15) is 0 Å². The minimum absolute atomic E-state index is 0.178. The molecule has 0 radical (unpaired) electrons. The zero-order chi connectivity index (χ0) is 19.4. The molecule has 0 saturated carbocycles. The molecule has 0 saturated heterocycles. The highest BCUT2D eigenvalue weighted by molar-refractivity contribution is 6.01. The van der Waals surface area contributed by atoms with Crippen LogP contribution in [0, 0.1) is 0 Å². The maximum Gasteiger partial charge on any atom is 0.337 e. The second-order valence-corrected chi connectivity index (χ2v) is 5.97. The van der Waals surface area contributed by atoms with Gasteiger partial charge in [0, 0.05) is 0 Å². The molecule has 2 aromatic rings. The molecule has 1 atom stereocenters. The molecule has 27 heavy (non-hydrogen) atoms. The molecule has 0 fully saturated rings. The number of carbonyl (C=O) groups is 3. The zero-order valence-electron chi connectivity index (χ0n) is 15.0. The van der Waals surface area contributed by atoms with Crippen molar-refractivity contribution in [3.63, 3.8) is 0 Å². The van der Waals surface area contributed by atoms with Gasteiger partial charge in [0.25, 0.3) is 5.91 Å². The smallest absolute Gasteiger partial charge is 0.337 e. The number of esters is 2. The third-order valence-corrected chi connectivity index (χ3v) is 4.24. The van der Waals surface area contributed by atoms with Crippen molar-refractivity contribution in [3.8, 4) is 5.75 Å². The molecule has 1 aliphatic rings. The zero-order valence-corrected chi connectivity index (χ0v) is 15.0. The summed E-state index contributed by atoms with van der Waals surface area (Å²) in [6.07, 6.45) is -1.14. The van der Waals surface area contributed by atoms with Crippen molar-refractivity contribution < 1.29 is 28.6 Å². The average Bonchev–Trinajstić information content (AvgIpc) is 2.70. The number of carbonyl (C=O) groups excluding carboxylic acids is 3. The summed E-state index contributed by atoms with van der Waals surface area (Å²) < 4.78 is 15.1. The minimum atomic E-state index is -0.962. The van der Waals surface area contributed by atoms with E-state index in [4.69, 9.17) is 9.47 Å². The Morgan fingerprint density at radius 3 is 2.59 bits per heavy atom. The number of benzene rings is 2. The molecule has 2 aromatic carbocycles. The van der Waals surface area contributed by atoms with Crippen LogP contribution in [-0.2, 0) is 25.6 Å². The van der Waals surface area contributed by atoms with E-state index >= 15 is 0 Å². The molecular weight excluding hydrogens is 350 g/mol. The van der Waals surface area contributed by atoms with Crippen LogP contribution in [0.5, 0.6) is 5.75 Å². The number of nitrogens with zero attached hydrogens (tertiary/aromatic N) is 1. The van der Waals surface area contributed by atoms with Crippen LogP contribution in [0.4, 0.5) is 5.69 Å². The summed E-state index contributed by atoms with van der Waals surface area (Å²) in [6.45, 7) is 0.224. The highest BCUT2D eigenvalue weighted by atomic mass is 16.5. The number of para-hydroxylation sites is 2. The number of anilines is 1. The molecule has 7 heteroatoms. The highest BCUT2D eigenvalue weighted by Gasteiger charge is 2.36. The van der Waals surface area contributed by atoms with E-state index in [1.165, 1.54) is 14.2 Å². The van der Waals surface area contributed by atoms with Crippen LogP contribution in [0.15, 0.2) is 48.5 Å². The molecule has 3 rings (SSSR count). The Bertz CT molecular complexity index is 878. The first-order valence-electron chi connectivity index (χ1n) is 8.34. The number of ether oxygens (including phenoxy) is 3. The van der Waals surface area contributed by atoms with Crippen molar-refractivity contribution in [3.05, 3.63) is 59.7 Å². The van der Waals surface area contributed by atoms with Gasteiger partial charge in [-0.05, 0) is 29.8 Å². The molecule has 1 heterocycles. The van der Waals surface area contributed by atoms with Gasteiger partial charge in [-0.25, -0.2) is 4.79 Å². The first kappa shape index (κ1) is 18.4. The lowest BCUT2D eigenvalue weighted by Crippen LogP contribution is -2.46. The van der Waals surface area contributed by atoms with Gasteiger partial charge < -0.3 is 19.1 Å². The van der Waals surface area contributed by atoms with Crippen LogP contribution in [-0.4, -0.2) is 38.2 Å². The van der Waals surface area contributed by atoms with Crippen molar-refractivity contribution in [1.29, 1.82) is 0 Å². The summed E-state index contributed by atoms with van der Waals surface area (Å²) in [5.41, 5.74) is 1.75. The maximum absolute atomic E-state index is 12.9. The minimum Gasteiger partial charge on any atom is -0.478 e. The number of amides is 1. The van der Waals surface area contributed by atoms with Gasteiger partial charge in [-0.1, -0.05) is 24.3 Å². The van der Waals surface area contributed by atoms with Gasteiger partial charge in [-0.15, -0.1) is 0 Å². The predicted molar refractivity (Wildman–Crippen MR) is 96.5 cm³/mol. The normalized spacial score (nSPS) is 15.6. The van der Waals surface area contributed by atoms with E-state index in [1.807, 2.05) is 6.07 Å². The lowest BCUT2D eigenvalue weighted by Gasteiger charge is -2.34. The highest BCUT2D eigenvalue weighted by Crippen LogP contribution is 2.35. The number of hydrogen-bond donors (Lipinski definition) is 0. The quantitative estimate of drug-likeness (QED) is 0.753. The van der Waals surface area contributed by atoms with Crippen LogP contribution < -0.4 is 9.64 Å². The second kappa shape index (κ2) is 7.90. The van der Waals surface area contributed by atoms with Crippen molar-refractivity contribution in [2.45, 2.75) is 19.1 Å². The van der Waals surface area contributed by atoms with Crippen molar-refractivity contribution in [1.82, 2.24) is 0 Å². The predicted octanol–water partition coefficient (Wildman–Crippen LogP) is 2.33. The van der Waals surface area contributed by atoms with E-state index < -0.39 is 18.0 Å². The number of methoxy groups -OCH3 is 2. The van der Waals surface area contributed by atoms with Gasteiger partial charge in [-0.3, -0.25) is 9.59 Å². The fourth-order valence-corrected chi connectivity index (χ4v) is 2.90. The molecule has 0 spiro atoms. The van der Waals surface area contributed by atoms with E-state index in [0.717, 1.165) is 5.56 Å². The van der Waals surface area contributed by atoms with Gasteiger partial charge in [0.1, 0.15) is 5.75 Å². The molecule has 1 aliphatic heterocycles. The van der Waals surface area contributed by atoms with Crippen molar-refractivity contribution >= 4 is 23.5 Å². The molecule has 0 N–H and O–H groups in total. The Morgan fingerprint density at radius 1 is 1.07 bits per heavy atom. The topological polar surface area (TPSA) is 82.1 Å². The van der Waals surface area contributed by atoms with Gasteiger partial charge in [0.2, 0.25) is 0 Å². The Balaban J connectivity index is 1.91. The summed E-state index contributed by atoms with van der Waals surface area (Å²) in [6, 6.07) is 14.0. The van der Waals surface area contributed by atoms with Gasteiger partial charge in [0.15, 0.2) is 6.10 Å². The lowest BCUT2D eigenvalue weighted by atomic mass is 10.1. The SMILES string of the molecule is COC(=O)C[C@@H]1Oc2ccccc2N(Cc2cccc(C(=O)OC)c2)C1=O. The number of fused-ring (bicyclic) bond motifs is 1. The van der Waals surface area contributed by atoms with E-state index in [1.54, 1.807) is 47.4 Å². The van der Waals surface area contributed by atoms with Gasteiger partial charge >= 0.3 is 11.9 Å². The molecule has 0 unspecified atom stereocenters. The number of rotatable bonds is 5. The Kier molecular flexibility index (Phi) is 5.40. The number of hydrogen-bond acceptors (Lipinski definition) is 6. The largest absolute Gasteiger partial charge is 0.478 e. The first-order chi connectivity index (χ1) is 13.0. The van der Waals surface area contributed by atoms with Crippen LogP contribution in [0.1, 0.15) is 22.3 Å². The third-order valence-electron chi connectivity index (χ3n) is 4.24. The second-order valence-electron chi connectivity index (χ2n) is 5.97. The van der Waals surface area contributed by atoms with Gasteiger partial charge in [0.05, 0.1) is 38.4 Å². The Labute approximate surface area is 156 Å². The summed E-state index contributed by atoms with van der Waals surface area (Å²) in [5.74, 6) is -0.813. The maximum atomic E-state index is 12.9. The van der Waals surface area contributed by atoms with Crippen molar-refractivity contribution in [2.75, 3.05) is 19.1 Å². The van der Waals surface area contributed by atoms with E-state index in [9.17, 15) is 14.4 Å². The summed E-state index contributed by atoms with van der Waals surface area (Å²) in [7, 11) is 2.58. The molecule has 1 amide bonds. The van der Waals surface area contributed by atoms with E-state index in [2.05, 4.69) is 4.74 Å². The molecule has 140 valence electrons. The average molecular weight is 369 g/mol. The van der Waals surface area contributed by atoms with Crippen LogP contribution >= 0.6 is 0 Å². The van der Waals surface area contributed by atoms with Crippen LogP contribution in [0.25, 0.3) is 0 Å². The molecule has 0 aromatic heterocycles.